The highest BCUT2D eigenvalue weighted by atomic mass is 19.4. The van der Waals surface area contributed by atoms with E-state index in [0.717, 1.165) is 5.56 Å². The maximum atomic E-state index is 13.1. The molecule has 98 valence electrons. The summed E-state index contributed by atoms with van der Waals surface area (Å²) in [5, 5.41) is 3.46. The molecule has 0 fully saturated rings. The van der Waals surface area contributed by atoms with Crippen LogP contribution in [0.15, 0.2) is 18.2 Å². The number of fused-ring (bicyclic) bond motifs is 1. The zero-order valence-electron chi connectivity index (χ0n) is 10.5. The van der Waals surface area contributed by atoms with Crippen molar-refractivity contribution in [2.45, 2.75) is 19.6 Å². The summed E-state index contributed by atoms with van der Waals surface area (Å²) in [6.45, 7) is 2.08. The minimum atomic E-state index is -4.34. The van der Waals surface area contributed by atoms with E-state index in [-0.39, 0.29) is 6.54 Å². The smallest absolute Gasteiger partial charge is 0.340 e. The summed E-state index contributed by atoms with van der Waals surface area (Å²) in [6, 6.07) is 5.37. The van der Waals surface area contributed by atoms with Crippen LogP contribution in [0.5, 0.6) is 0 Å². The lowest BCUT2D eigenvalue weighted by atomic mass is 10.1. The molecule has 0 aliphatic rings. The Hall–Kier alpha value is -1.49. The van der Waals surface area contributed by atoms with Crippen LogP contribution in [-0.2, 0) is 19.8 Å². The minimum Gasteiger partial charge on any atom is -0.340 e. The average molecular weight is 256 g/mol. The van der Waals surface area contributed by atoms with Crippen molar-refractivity contribution >= 4 is 10.9 Å². The molecule has 0 unspecified atom stereocenters. The number of nitrogens with zero attached hydrogens (tertiary/aromatic N) is 1. The molecule has 0 amide bonds. The zero-order chi connectivity index (χ0) is 13.5. The summed E-state index contributed by atoms with van der Waals surface area (Å²) in [6.07, 6.45) is -4.34. The van der Waals surface area contributed by atoms with Crippen LogP contribution in [0.1, 0.15) is 16.8 Å². The molecular formula is C13H15F3N2. The Bertz CT molecular complexity index is 582. The van der Waals surface area contributed by atoms with Gasteiger partial charge >= 0.3 is 6.18 Å². The van der Waals surface area contributed by atoms with Crippen LogP contribution in [0.2, 0.25) is 0 Å². The highest BCUT2D eigenvalue weighted by Gasteiger charge is 2.37. The van der Waals surface area contributed by atoms with Crippen molar-refractivity contribution in [2.24, 2.45) is 7.05 Å². The van der Waals surface area contributed by atoms with Gasteiger partial charge in [-0.1, -0.05) is 12.1 Å². The summed E-state index contributed by atoms with van der Waals surface area (Å²) in [4.78, 5) is 0. The number of benzene rings is 1. The Kier molecular flexibility index (Phi) is 3.11. The second-order valence-corrected chi connectivity index (χ2v) is 4.43. The molecule has 18 heavy (non-hydrogen) atoms. The molecule has 1 heterocycles. The van der Waals surface area contributed by atoms with E-state index in [2.05, 4.69) is 5.32 Å². The lowest BCUT2D eigenvalue weighted by molar-refractivity contribution is -0.143. The normalized spacial score (nSPS) is 12.3. The van der Waals surface area contributed by atoms with Crippen LogP contribution in [0, 0.1) is 6.92 Å². The topological polar surface area (TPSA) is 17.0 Å². The summed E-state index contributed by atoms with van der Waals surface area (Å²) in [7, 11) is 3.11. The zero-order valence-corrected chi connectivity index (χ0v) is 10.5. The first-order valence-corrected chi connectivity index (χ1v) is 5.66. The first kappa shape index (κ1) is 13.0. The van der Waals surface area contributed by atoms with E-state index in [1.54, 1.807) is 19.2 Å². The van der Waals surface area contributed by atoms with E-state index >= 15 is 0 Å². The van der Waals surface area contributed by atoms with Gasteiger partial charge in [0.2, 0.25) is 0 Å². The van der Waals surface area contributed by atoms with E-state index in [1.807, 2.05) is 13.0 Å². The van der Waals surface area contributed by atoms with Gasteiger partial charge in [-0.25, -0.2) is 0 Å². The van der Waals surface area contributed by atoms with Crippen LogP contribution < -0.4 is 5.32 Å². The van der Waals surface area contributed by atoms with Crippen molar-refractivity contribution in [3.05, 3.63) is 35.0 Å². The monoisotopic (exact) mass is 256 g/mol. The Labute approximate surface area is 103 Å². The lowest BCUT2D eigenvalue weighted by Crippen LogP contribution is -2.16. The van der Waals surface area contributed by atoms with Crippen molar-refractivity contribution < 1.29 is 13.2 Å². The second kappa shape index (κ2) is 4.31. The fraction of sp³-hybridized carbons (Fsp3) is 0.385. The van der Waals surface area contributed by atoms with Gasteiger partial charge in [0.05, 0.1) is 0 Å². The summed E-state index contributed by atoms with van der Waals surface area (Å²) < 4.78 is 40.6. The van der Waals surface area contributed by atoms with Gasteiger partial charge < -0.3 is 9.88 Å². The van der Waals surface area contributed by atoms with E-state index in [0.29, 0.717) is 16.5 Å². The SMILES string of the molecule is CNCc1c(C(F)(F)F)n(C)c2cc(C)ccc12. The Morgan fingerprint density at radius 2 is 1.94 bits per heavy atom. The Balaban J connectivity index is 2.83. The number of hydrogen-bond donors (Lipinski definition) is 1. The van der Waals surface area contributed by atoms with Crippen molar-refractivity contribution in [1.29, 1.82) is 0 Å². The first-order chi connectivity index (χ1) is 8.36. The van der Waals surface area contributed by atoms with Crippen molar-refractivity contribution in [3.8, 4) is 0 Å². The summed E-state index contributed by atoms with van der Waals surface area (Å²) in [5.41, 5.74) is 1.31. The number of hydrogen-bond acceptors (Lipinski definition) is 1. The van der Waals surface area contributed by atoms with Gasteiger partial charge in [-0.15, -0.1) is 0 Å². The Morgan fingerprint density at radius 3 is 2.50 bits per heavy atom. The van der Waals surface area contributed by atoms with Gasteiger partial charge in [0.25, 0.3) is 0 Å². The number of aryl methyl sites for hydroxylation is 2. The number of halogens is 3. The summed E-state index contributed by atoms with van der Waals surface area (Å²) >= 11 is 0. The number of nitrogens with one attached hydrogen (secondary N) is 1. The molecule has 0 spiro atoms. The molecule has 0 saturated carbocycles. The highest BCUT2D eigenvalue weighted by Crippen LogP contribution is 2.37. The van der Waals surface area contributed by atoms with Gasteiger partial charge in [0.1, 0.15) is 5.69 Å². The molecule has 0 aliphatic carbocycles. The van der Waals surface area contributed by atoms with Crippen molar-refractivity contribution in [2.75, 3.05) is 7.05 Å². The van der Waals surface area contributed by atoms with Crippen LogP contribution in [0.3, 0.4) is 0 Å². The molecule has 1 aromatic heterocycles. The van der Waals surface area contributed by atoms with Crippen LogP contribution >= 0.6 is 0 Å². The molecule has 1 aromatic carbocycles. The van der Waals surface area contributed by atoms with Gasteiger partial charge in [0, 0.05) is 30.1 Å². The fourth-order valence-electron chi connectivity index (χ4n) is 2.34. The van der Waals surface area contributed by atoms with Gasteiger partial charge in [-0.3, -0.25) is 0 Å². The minimum absolute atomic E-state index is 0.204. The summed E-state index contributed by atoms with van der Waals surface area (Å²) in [5.74, 6) is 0. The molecule has 2 aromatic rings. The van der Waals surface area contributed by atoms with Crippen LogP contribution in [0.25, 0.3) is 10.9 Å². The van der Waals surface area contributed by atoms with Crippen molar-refractivity contribution in [3.63, 3.8) is 0 Å². The van der Waals surface area contributed by atoms with Crippen LogP contribution in [0.4, 0.5) is 13.2 Å². The number of aromatic nitrogens is 1. The third-order valence-corrected chi connectivity index (χ3v) is 3.08. The molecule has 1 N–H and O–H groups in total. The van der Waals surface area contributed by atoms with Crippen molar-refractivity contribution in [1.82, 2.24) is 9.88 Å². The molecular weight excluding hydrogens is 241 g/mol. The lowest BCUT2D eigenvalue weighted by Gasteiger charge is -2.11. The molecule has 5 heteroatoms. The highest BCUT2D eigenvalue weighted by molar-refractivity contribution is 5.86. The quantitative estimate of drug-likeness (QED) is 0.873. The predicted octanol–water partition coefficient (Wildman–Crippen LogP) is 3.22. The van der Waals surface area contributed by atoms with E-state index in [9.17, 15) is 13.2 Å². The standard InChI is InChI=1S/C13H15F3N2/c1-8-4-5-9-10(7-17-2)12(13(14,15)16)18(3)11(9)6-8/h4-6,17H,7H2,1-3H3. The molecule has 0 saturated heterocycles. The van der Waals surface area contributed by atoms with Crippen LogP contribution in [-0.4, -0.2) is 11.6 Å². The fourth-order valence-corrected chi connectivity index (χ4v) is 2.34. The van der Waals surface area contributed by atoms with E-state index < -0.39 is 11.9 Å². The molecule has 2 rings (SSSR count). The van der Waals surface area contributed by atoms with Gasteiger partial charge in [-0.2, -0.15) is 13.2 Å². The van der Waals surface area contributed by atoms with Gasteiger partial charge in [-0.05, 0) is 25.6 Å². The third kappa shape index (κ3) is 1.99. The molecule has 0 radical (unpaired) electrons. The molecule has 0 atom stereocenters. The largest absolute Gasteiger partial charge is 0.431 e. The van der Waals surface area contributed by atoms with E-state index in [1.165, 1.54) is 11.6 Å². The van der Waals surface area contributed by atoms with Gasteiger partial charge in [0.15, 0.2) is 0 Å². The molecule has 0 bridgehead atoms. The Morgan fingerprint density at radius 1 is 1.28 bits per heavy atom. The second-order valence-electron chi connectivity index (χ2n) is 4.43. The predicted molar refractivity (Wildman–Crippen MR) is 65.4 cm³/mol. The molecule has 0 aliphatic heterocycles. The maximum absolute atomic E-state index is 13.1. The number of alkyl halides is 3. The molecule has 2 nitrogen and oxygen atoms in total. The maximum Gasteiger partial charge on any atom is 0.431 e. The first-order valence-electron chi connectivity index (χ1n) is 5.66. The third-order valence-electron chi connectivity index (χ3n) is 3.08. The van der Waals surface area contributed by atoms with E-state index in [4.69, 9.17) is 0 Å². The average Bonchev–Trinajstić information content (AvgIpc) is 2.52. The number of rotatable bonds is 2.